The number of hydrogen-bond acceptors (Lipinski definition) is 4. The molecule has 1 heterocycles. The van der Waals surface area contributed by atoms with E-state index in [1.54, 1.807) is 26.3 Å². The third-order valence-corrected chi connectivity index (χ3v) is 3.42. The highest BCUT2D eigenvalue weighted by molar-refractivity contribution is 5.89. The van der Waals surface area contributed by atoms with Crippen LogP contribution in [0, 0.1) is 0 Å². The van der Waals surface area contributed by atoms with Crippen LogP contribution in [0.1, 0.15) is 21.9 Å². The lowest BCUT2D eigenvalue weighted by atomic mass is 10.1. The van der Waals surface area contributed by atoms with Gasteiger partial charge in [0, 0.05) is 13.6 Å². The minimum Gasteiger partial charge on any atom is -0.497 e. The number of hydrogen-bond donors (Lipinski definition) is 3. The zero-order chi connectivity index (χ0) is 17.4. The van der Waals surface area contributed by atoms with Gasteiger partial charge < -0.3 is 25.5 Å². The van der Waals surface area contributed by atoms with Gasteiger partial charge in [-0.1, -0.05) is 12.1 Å². The summed E-state index contributed by atoms with van der Waals surface area (Å²) in [5.74, 6) is 1.68. The number of rotatable bonds is 7. The fraction of sp³-hybridized carbons (Fsp3) is 0.294. The van der Waals surface area contributed by atoms with Crippen LogP contribution >= 0.6 is 0 Å². The first-order chi connectivity index (χ1) is 11.6. The Hall–Kier alpha value is -2.96. The molecular weight excluding hydrogens is 308 g/mol. The zero-order valence-corrected chi connectivity index (χ0v) is 13.8. The molecule has 0 spiro atoms. The summed E-state index contributed by atoms with van der Waals surface area (Å²) in [5.41, 5.74) is 6.36. The molecule has 0 saturated heterocycles. The highest BCUT2D eigenvalue weighted by atomic mass is 16.5. The number of amides is 1. The number of guanidine groups is 1. The van der Waals surface area contributed by atoms with Crippen LogP contribution in [0.2, 0.25) is 0 Å². The van der Waals surface area contributed by atoms with Crippen molar-refractivity contribution in [1.29, 1.82) is 0 Å². The van der Waals surface area contributed by atoms with Gasteiger partial charge in [0.05, 0.1) is 13.7 Å². The second-order valence-electron chi connectivity index (χ2n) is 5.08. The van der Waals surface area contributed by atoms with Crippen LogP contribution < -0.4 is 21.1 Å². The second kappa shape index (κ2) is 8.61. The molecule has 7 nitrogen and oxygen atoms in total. The molecule has 0 radical (unpaired) electrons. The van der Waals surface area contributed by atoms with Crippen molar-refractivity contribution in [2.24, 2.45) is 10.7 Å². The maximum Gasteiger partial charge on any atom is 0.284 e. The fourth-order valence-corrected chi connectivity index (χ4v) is 2.11. The van der Waals surface area contributed by atoms with E-state index < -0.39 is 5.91 Å². The summed E-state index contributed by atoms with van der Waals surface area (Å²) in [6.45, 7) is 1.15. The molecule has 0 saturated carbocycles. The van der Waals surface area contributed by atoms with E-state index >= 15 is 0 Å². The van der Waals surface area contributed by atoms with Crippen LogP contribution in [-0.4, -0.2) is 32.6 Å². The molecule has 2 aromatic rings. The van der Waals surface area contributed by atoms with Crippen molar-refractivity contribution in [3.05, 3.63) is 53.5 Å². The molecule has 1 aromatic heterocycles. The normalized spacial score (nSPS) is 11.2. The number of nitrogens with one attached hydrogen (secondary N) is 2. The molecule has 0 aliphatic rings. The first-order valence-electron chi connectivity index (χ1n) is 7.58. The number of nitrogens with zero attached hydrogens (tertiary/aromatic N) is 1. The number of nitrogens with two attached hydrogens (primary N) is 1. The maximum absolute atomic E-state index is 11.0. The largest absolute Gasteiger partial charge is 0.497 e. The minimum absolute atomic E-state index is 0.147. The summed E-state index contributed by atoms with van der Waals surface area (Å²) in [4.78, 5) is 15.1. The van der Waals surface area contributed by atoms with Crippen LogP contribution in [0.5, 0.6) is 5.75 Å². The van der Waals surface area contributed by atoms with Crippen LogP contribution in [0.25, 0.3) is 0 Å². The maximum atomic E-state index is 11.0. The molecule has 0 aliphatic carbocycles. The number of primary amides is 1. The number of aliphatic imine (C=N–C) groups is 1. The van der Waals surface area contributed by atoms with Gasteiger partial charge in [-0.3, -0.25) is 9.79 Å². The molecule has 0 unspecified atom stereocenters. The van der Waals surface area contributed by atoms with Crippen molar-refractivity contribution >= 4 is 11.9 Å². The molecule has 4 N–H and O–H groups in total. The summed E-state index contributed by atoms with van der Waals surface area (Å²) in [5, 5.41) is 6.34. The number of carbonyl (C=O) groups is 1. The Morgan fingerprint density at radius 1 is 1.21 bits per heavy atom. The lowest BCUT2D eigenvalue weighted by molar-refractivity contribution is 0.0972. The number of furan rings is 1. The summed E-state index contributed by atoms with van der Waals surface area (Å²) >= 11 is 0. The molecule has 0 atom stereocenters. The Balaban J connectivity index is 1.76. The Kier molecular flexibility index (Phi) is 6.24. The molecule has 1 aromatic carbocycles. The highest BCUT2D eigenvalue weighted by Gasteiger charge is 2.07. The van der Waals surface area contributed by atoms with Crippen LogP contribution in [0.15, 0.2) is 45.8 Å². The van der Waals surface area contributed by atoms with E-state index in [1.807, 2.05) is 24.3 Å². The van der Waals surface area contributed by atoms with E-state index in [-0.39, 0.29) is 5.76 Å². The van der Waals surface area contributed by atoms with Gasteiger partial charge in [0.25, 0.3) is 5.91 Å². The monoisotopic (exact) mass is 330 g/mol. The van der Waals surface area contributed by atoms with Crippen molar-refractivity contribution in [3.8, 4) is 5.75 Å². The first kappa shape index (κ1) is 17.4. The molecule has 7 heteroatoms. The lowest BCUT2D eigenvalue weighted by Gasteiger charge is -2.11. The Morgan fingerprint density at radius 2 is 1.96 bits per heavy atom. The van der Waals surface area contributed by atoms with Crippen LogP contribution in [-0.2, 0) is 13.0 Å². The molecule has 0 aliphatic heterocycles. The minimum atomic E-state index is -0.580. The van der Waals surface area contributed by atoms with Crippen molar-refractivity contribution in [2.75, 3.05) is 20.7 Å². The second-order valence-corrected chi connectivity index (χ2v) is 5.08. The summed E-state index contributed by atoms with van der Waals surface area (Å²) < 4.78 is 10.4. The number of methoxy groups -OCH3 is 1. The molecular formula is C17H22N4O3. The van der Waals surface area contributed by atoms with E-state index in [4.69, 9.17) is 14.9 Å². The van der Waals surface area contributed by atoms with Crippen molar-refractivity contribution in [2.45, 2.75) is 13.0 Å². The van der Waals surface area contributed by atoms with E-state index in [1.165, 1.54) is 5.56 Å². The van der Waals surface area contributed by atoms with Crippen LogP contribution in [0.3, 0.4) is 0 Å². The number of benzene rings is 1. The quantitative estimate of drug-likeness (QED) is 0.524. The van der Waals surface area contributed by atoms with E-state index in [9.17, 15) is 4.79 Å². The van der Waals surface area contributed by atoms with Gasteiger partial charge >= 0.3 is 0 Å². The predicted molar refractivity (Wildman–Crippen MR) is 92.1 cm³/mol. The fourth-order valence-electron chi connectivity index (χ4n) is 2.11. The van der Waals surface area contributed by atoms with E-state index in [0.717, 1.165) is 18.7 Å². The standard InChI is InChI=1S/C17H22N4O3/c1-19-17(21-11-14-7-8-15(24-14)16(18)22)20-10-9-12-3-5-13(23-2)6-4-12/h3-8H,9-11H2,1-2H3,(H2,18,22)(H2,19,20,21). The van der Waals surface area contributed by atoms with Gasteiger partial charge in [0.1, 0.15) is 11.5 Å². The Labute approximate surface area is 140 Å². The number of carbonyl (C=O) groups excluding carboxylic acids is 1. The average Bonchev–Trinajstić information content (AvgIpc) is 3.08. The van der Waals surface area contributed by atoms with Gasteiger partial charge in [-0.05, 0) is 36.2 Å². The third kappa shape index (κ3) is 5.05. The number of ether oxygens (including phenoxy) is 1. The summed E-state index contributed by atoms with van der Waals surface area (Å²) in [6.07, 6.45) is 0.858. The Morgan fingerprint density at radius 3 is 2.54 bits per heavy atom. The highest BCUT2D eigenvalue weighted by Crippen LogP contribution is 2.11. The summed E-state index contributed by atoms with van der Waals surface area (Å²) in [7, 11) is 3.34. The molecule has 24 heavy (non-hydrogen) atoms. The van der Waals surface area contributed by atoms with Crippen molar-refractivity contribution in [1.82, 2.24) is 10.6 Å². The van der Waals surface area contributed by atoms with Gasteiger partial charge in [0.2, 0.25) is 0 Å². The lowest BCUT2D eigenvalue weighted by Crippen LogP contribution is -2.37. The van der Waals surface area contributed by atoms with Gasteiger partial charge in [-0.15, -0.1) is 0 Å². The van der Waals surface area contributed by atoms with E-state index in [2.05, 4.69) is 15.6 Å². The van der Waals surface area contributed by atoms with Gasteiger partial charge in [0.15, 0.2) is 11.7 Å². The van der Waals surface area contributed by atoms with Crippen molar-refractivity contribution < 1.29 is 13.9 Å². The van der Waals surface area contributed by atoms with Gasteiger partial charge in [-0.25, -0.2) is 0 Å². The topological polar surface area (TPSA) is 102 Å². The van der Waals surface area contributed by atoms with E-state index in [0.29, 0.717) is 18.3 Å². The SMILES string of the molecule is CN=C(NCCc1ccc(OC)cc1)NCc1ccc(C(N)=O)o1. The summed E-state index contributed by atoms with van der Waals surface area (Å²) in [6, 6.07) is 11.2. The molecule has 1 amide bonds. The molecule has 2 rings (SSSR count). The molecule has 0 fully saturated rings. The average molecular weight is 330 g/mol. The third-order valence-electron chi connectivity index (χ3n) is 3.42. The van der Waals surface area contributed by atoms with Gasteiger partial charge in [-0.2, -0.15) is 0 Å². The Bertz CT molecular complexity index is 692. The smallest absolute Gasteiger partial charge is 0.284 e. The zero-order valence-electron chi connectivity index (χ0n) is 13.8. The first-order valence-corrected chi connectivity index (χ1v) is 7.58. The molecule has 128 valence electrons. The molecule has 0 bridgehead atoms. The van der Waals surface area contributed by atoms with Crippen LogP contribution in [0.4, 0.5) is 0 Å². The van der Waals surface area contributed by atoms with Crippen molar-refractivity contribution in [3.63, 3.8) is 0 Å². The predicted octanol–water partition coefficient (Wildman–Crippen LogP) is 1.29.